The number of rotatable bonds is 2. The second-order valence-corrected chi connectivity index (χ2v) is 6.04. The third kappa shape index (κ3) is 2.69. The van der Waals surface area contributed by atoms with Crippen molar-refractivity contribution in [3.05, 3.63) is 28.6 Å². The van der Waals surface area contributed by atoms with Crippen LogP contribution in [-0.4, -0.2) is 18.1 Å². The summed E-state index contributed by atoms with van der Waals surface area (Å²) in [6, 6.07) is 5.68. The van der Waals surface area contributed by atoms with Gasteiger partial charge >= 0.3 is 0 Å². The highest BCUT2D eigenvalue weighted by atomic mass is 35.5. The Hall–Kier alpha value is -1.26. The summed E-state index contributed by atoms with van der Waals surface area (Å²) in [4.78, 5) is 7.09. The molecule has 0 atom stereocenters. The lowest BCUT2D eigenvalue weighted by Crippen LogP contribution is -2.29. The van der Waals surface area contributed by atoms with Crippen LogP contribution < -0.4 is 10.6 Å². The summed E-state index contributed by atoms with van der Waals surface area (Å²) in [6.07, 6.45) is 3.87. The van der Waals surface area contributed by atoms with Crippen molar-refractivity contribution in [2.24, 2.45) is 0 Å². The first kappa shape index (κ1) is 12.8. The summed E-state index contributed by atoms with van der Waals surface area (Å²) in [7, 11) is 0. The van der Waals surface area contributed by atoms with Crippen LogP contribution in [0.1, 0.15) is 19.3 Å². The zero-order valence-electron chi connectivity index (χ0n) is 10.6. The van der Waals surface area contributed by atoms with Crippen molar-refractivity contribution in [3.63, 3.8) is 0 Å². The van der Waals surface area contributed by atoms with Gasteiger partial charge in [0, 0.05) is 24.0 Å². The maximum Gasteiger partial charge on any atom is 0.185 e. The molecular formula is C14H16ClN3S. The largest absolute Gasteiger partial charge is 0.398 e. The summed E-state index contributed by atoms with van der Waals surface area (Å²) in [6.45, 7) is 2.24. The van der Waals surface area contributed by atoms with Crippen LogP contribution in [0.5, 0.6) is 0 Å². The first-order valence-corrected chi connectivity index (χ1v) is 7.76. The third-order valence-electron chi connectivity index (χ3n) is 3.41. The van der Waals surface area contributed by atoms with Gasteiger partial charge in [0.05, 0.1) is 16.4 Å². The topological polar surface area (TPSA) is 42.1 Å². The van der Waals surface area contributed by atoms with Gasteiger partial charge in [0.2, 0.25) is 0 Å². The molecular weight excluding hydrogens is 278 g/mol. The van der Waals surface area contributed by atoms with Gasteiger partial charge in [-0.2, -0.15) is 0 Å². The SMILES string of the molecule is Nc1cc(-c2csc(N3CCCCC3)n2)ccc1Cl. The standard InChI is InChI=1S/C14H16ClN3S/c15-11-5-4-10(8-12(11)16)13-9-19-14(17-13)18-6-2-1-3-7-18/h4-5,8-9H,1-3,6-7,16H2. The highest BCUT2D eigenvalue weighted by Gasteiger charge is 2.15. The van der Waals surface area contributed by atoms with Crippen LogP contribution in [0.3, 0.4) is 0 Å². The molecule has 0 aliphatic carbocycles. The summed E-state index contributed by atoms with van der Waals surface area (Å²) in [5.74, 6) is 0. The minimum Gasteiger partial charge on any atom is -0.398 e. The van der Waals surface area contributed by atoms with Crippen LogP contribution in [0.4, 0.5) is 10.8 Å². The number of nitrogen functional groups attached to an aromatic ring is 1. The lowest BCUT2D eigenvalue weighted by atomic mass is 10.1. The van der Waals surface area contributed by atoms with Crippen molar-refractivity contribution in [2.75, 3.05) is 23.7 Å². The van der Waals surface area contributed by atoms with Gasteiger partial charge in [-0.05, 0) is 31.4 Å². The number of hydrogen-bond acceptors (Lipinski definition) is 4. The molecule has 3 nitrogen and oxygen atoms in total. The molecule has 3 rings (SSSR count). The van der Waals surface area contributed by atoms with Gasteiger partial charge in [0.25, 0.3) is 0 Å². The van der Waals surface area contributed by atoms with Crippen molar-refractivity contribution < 1.29 is 0 Å². The fourth-order valence-corrected chi connectivity index (χ4v) is 3.34. The number of halogens is 1. The molecule has 1 aliphatic heterocycles. The first-order valence-electron chi connectivity index (χ1n) is 6.50. The number of thiazole rings is 1. The molecule has 2 N–H and O–H groups in total. The van der Waals surface area contributed by atoms with E-state index in [2.05, 4.69) is 10.3 Å². The molecule has 2 heterocycles. The van der Waals surface area contributed by atoms with Crippen molar-refractivity contribution in [1.82, 2.24) is 4.98 Å². The van der Waals surface area contributed by atoms with E-state index in [0.29, 0.717) is 10.7 Å². The van der Waals surface area contributed by atoms with E-state index in [9.17, 15) is 0 Å². The van der Waals surface area contributed by atoms with E-state index >= 15 is 0 Å². The number of nitrogens with two attached hydrogens (primary N) is 1. The molecule has 1 aromatic heterocycles. The van der Waals surface area contributed by atoms with Gasteiger partial charge in [-0.1, -0.05) is 17.7 Å². The zero-order valence-corrected chi connectivity index (χ0v) is 12.2. The van der Waals surface area contributed by atoms with E-state index in [0.717, 1.165) is 29.5 Å². The fourth-order valence-electron chi connectivity index (χ4n) is 2.33. The van der Waals surface area contributed by atoms with E-state index in [4.69, 9.17) is 22.3 Å². The maximum atomic E-state index is 5.94. The quantitative estimate of drug-likeness (QED) is 0.850. The van der Waals surface area contributed by atoms with Gasteiger partial charge < -0.3 is 10.6 Å². The van der Waals surface area contributed by atoms with Gasteiger partial charge in [0.1, 0.15) is 0 Å². The molecule has 100 valence electrons. The van der Waals surface area contributed by atoms with Crippen LogP contribution in [0.25, 0.3) is 11.3 Å². The minimum atomic E-state index is 0.593. The Bertz CT molecular complexity index is 576. The summed E-state index contributed by atoms with van der Waals surface area (Å²) >= 11 is 7.65. The molecule has 1 saturated heterocycles. The van der Waals surface area contributed by atoms with Gasteiger partial charge in [0.15, 0.2) is 5.13 Å². The van der Waals surface area contributed by atoms with E-state index in [1.54, 1.807) is 11.3 Å². The van der Waals surface area contributed by atoms with Crippen molar-refractivity contribution in [2.45, 2.75) is 19.3 Å². The number of benzene rings is 1. The van der Waals surface area contributed by atoms with Gasteiger partial charge in [-0.3, -0.25) is 0 Å². The maximum absolute atomic E-state index is 5.94. The molecule has 1 aliphatic rings. The van der Waals surface area contributed by atoms with E-state index < -0.39 is 0 Å². The number of hydrogen-bond donors (Lipinski definition) is 1. The molecule has 19 heavy (non-hydrogen) atoms. The zero-order chi connectivity index (χ0) is 13.2. The summed E-state index contributed by atoms with van der Waals surface area (Å²) in [5, 5.41) is 3.80. The molecule has 0 unspecified atom stereocenters. The van der Waals surface area contributed by atoms with Gasteiger partial charge in [-0.25, -0.2) is 4.98 Å². The Balaban J connectivity index is 1.85. The monoisotopic (exact) mass is 293 g/mol. The Morgan fingerprint density at radius 2 is 2.00 bits per heavy atom. The molecule has 0 amide bonds. The third-order valence-corrected chi connectivity index (χ3v) is 4.66. The predicted octanol–water partition coefficient (Wildman–Crippen LogP) is 4.04. The number of anilines is 2. The lowest BCUT2D eigenvalue weighted by Gasteiger charge is -2.25. The molecule has 0 radical (unpaired) electrons. The first-order chi connectivity index (χ1) is 9.24. The van der Waals surface area contributed by atoms with Crippen LogP contribution >= 0.6 is 22.9 Å². The van der Waals surface area contributed by atoms with E-state index in [1.165, 1.54) is 19.3 Å². The predicted molar refractivity (Wildman–Crippen MR) is 83.0 cm³/mol. The smallest absolute Gasteiger partial charge is 0.185 e. The van der Waals surface area contributed by atoms with E-state index in [-0.39, 0.29) is 0 Å². The van der Waals surface area contributed by atoms with Crippen LogP contribution in [0, 0.1) is 0 Å². The molecule has 0 saturated carbocycles. The normalized spacial score (nSPS) is 15.7. The molecule has 0 spiro atoms. The van der Waals surface area contributed by atoms with Crippen LogP contribution in [0.2, 0.25) is 5.02 Å². The molecule has 0 bridgehead atoms. The minimum absolute atomic E-state index is 0.593. The Morgan fingerprint density at radius 3 is 2.74 bits per heavy atom. The van der Waals surface area contributed by atoms with Crippen LogP contribution in [0.15, 0.2) is 23.6 Å². The van der Waals surface area contributed by atoms with E-state index in [1.807, 2.05) is 18.2 Å². The average Bonchev–Trinajstić information content (AvgIpc) is 2.93. The summed E-state index contributed by atoms with van der Waals surface area (Å²) < 4.78 is 0. The number of aromatic nitrogens is 1. The molecule has 5 heteroatoms. The highest BCUT2D eigenvalue weighted by molar-refractivity contribution is 7.14. The molecule has 2 aromatic rings. The molecule has 1 fully saturated rings. The van der Waals surface area contributed by atoms with Gasteiger partial charge in [-0.15, -0.1) is 11.3 Å². The second-order valence-electron chi connectivity index (χ2n) is 4.80. The van der Waals surface area contributed by atoms with Crippen molar-refractivity contribution in [1.29, 1.82) is 0 Å². The molecule has 1 aromatic carbocycles. The Kier molecular flexibility index (Phi) is 3.62. The lowest BCUT2D eigenvalue weighted by molar-refractivity contribution is 0.577. The van der Waals surface area contributed by atoms with Crippen LogP contribution in [-0.2, 0) is 0 Å². The average molecular weight is 294 g/mol. The number of nitrogens with zero attached hydrogens (tertiary/aromatic N) is 2. The Labute approximate surface area is 122 Å². The summed E-state index contributed by atoms with van der Waals surface area (Å²) in [5.41, 5.74) is 8.45. The number of piperidine rings is 1. The van der Waals surface area contributed by atoms with Crippen molar-refractivity contribution >= 4 is 33.8 Å². The fraction of sp³-hybridized carbons (Fsp3) is 0.357. The second kappa shape index (κ2) is 5.39. The Morgan fingerprint density at radius 1 is 1.21 bits per heavy atom. The highest BCUT2D eigenvalue weighted by Crippen LogP contribution is 2.31. The van der Waals surface area contributed by atoms with Crippen molar-refractivity contribution in [3.8, 4) is 11.3 Å².